The Morgan fingerprint density at radius 2 is 2.24 bits per heavy atom. The molecule has 0 aromatic heterocycles. The van der Waals surface area contributed by atoms with Gasteiger partial charge in [0.15, 0.2) is 0 Å². The molecule has 0 bridgehead atoms. The van der Waals surface area contributed by atoms with Gasteiger partial charge in [0.1, 0.15) is 6.17 Å². The van der Waals surface area contributed by atoms with Crippen molar-refractivity contribution >= 4 is 17.7 Å². The molecule has 0 saturated heterocycles. The average Bonchev–Trinajstić information content (AvgIpc) is 2.83. The van der Waals surface area contributed by atoms with Crippen LogP contribution in [0, 0.1) is 0 Å². The summed E-state index contributed by atoms with van der Waals surface area (Å²) in [4.78, 5) is 17.3. The fraction of sp³-hybridized carbons (Fsp3) is 0.438. The molecule has 0 aliphatic carbocycles. The molecule has 0 spiro atoms. The third kappa shape index (κ3) is 3.18. The first-order valence-corrected chi connectivity index (χ1v) is 8.14. The van der Waals surface area contributed by atoms with Gasteiger partial charge in [0.25, 0.3) is 0 Å². The van der Waals surface area contributed by atoms with Crippen LogP contribution in [-0.2, 0) is 9.53 Å². The number of ether oxygens (including phenoxy) is 1. The Morgan fingerprint density at radius 3 is 2.86 bits per heavy atom. The fourth-order valence-corrected chi connectivity index (χ4v) is 3.37. The van der Waals surface area contributed by atoms with Crippen molar-refractivity contribution in [3.8, 4) is 0 Å². The lowest BCUT2D eigenvalue weighted by Gasteiger charge is -2.30. The van der Waals surface area contributed by atoms with Crippen molar-refractivity contribution < 1.29 is 9.53 Å². The molecule has 0 N–H and O–H groups in total. The largest absolute Gasteiger partial charge is 0.465 e. The molecule has 0 radical (unpaired) electrons. The van der Waals surface area contributed by atoms with Crippen molar-refractivity contribution in [3.63, 3.8) is 0 Å². The number of carbonyl (C=O) groups is 1. The van der Waals surface area contributed by atoms with Crippen LogP contribution in [0.25, 0.3) is 0 Å². The molecule has 4 nitrogen and oxygen atoms in total. The summed E-state index contributed by atoms with van der Waals surface area (Å²) in [7, 11) is 3.46. The first-order chi connectivity index (χ1) is 10.1. The molecule has 2 aliphatic rings. The molecule has 21 heavy (non-hydrogen) atoms. The minimum atomic E-state index is -0.292. The molecule has 2 rings (SSSR count). The molecule has 2 aliphatic heterocycles. The summed E-state index contributed by atoms with van der Waals surface area (Å²) >= 11 is 1.85. The van der Waals surface area contributed by atoms with E-state index in [1.807, 2.05) is 24.0 Å². The van der Waals surface area contributed by atoms with Gasteiger partial charge >= 0.3 is 5.97 Å². The van der Waals surface area contributed by atoms with Crippen molar-refractivity contribution in [1.82, 2.24) is 9.80 Å². The number of likely N-dealkylation sites (N-methyl/N-ethyl adjacent to an activating group) is 1. The number of hydrogen-bond donors (Lipinski definition) is 0. The lowest BCUT2D eigenvalue weighted by atomic mass is 10.1. The molecule has 114 valence electrons. The van der Waals surface area contributed by atoms with Gasteiger partial charge in [-0.15, -0.1) is 11.8 Å². The first-order valence-electron chi connectivity index (χ1n) is 7.16. The third-order valence-corrected chi connectivity index (χ3v) is 4.45. The molecule has 1 atom stereocenters. The maximum Gasteiger partial charge on any atom is 0.337 e. The number of nitrogens with zero attached hydrogens (tertiary/aromatic N) is 2. The number of thioether (sulfide) groups is 1. The van der Waals surface area contributed by atoms with Crippen molar-refractivity contribution in [1.29, 1.82) is 0 Å². The second-order valence-electron chi connectivity index (χ2n) is 4.83. The van der Waals surface area contributed by atoms with Crippen LogP contribution < -0.4 is 0 Å². The Hall–Kier alpha value is -1.62. The summed E-state index contributed by atoms with van der Waals surface area (Å²) in [6.07, 6.45) is 11.1. The zero-order valence-electron chi connectivity index (χ0n) is 13.0. The van der Waals surface area contributed by atoms with E-state index in [0.717, 1.165) is 12.2 Å². The number of carbonyl (C=O) groups excluding carboxylic acids is 1. The van der Waals surface area contributed by atoms with E-state index in [1.165, 1.54) is 17.7 Å². The summed E-state index contributed by atoms with van der Waals surface area (Å²) < 4.78 is 4.80. The highest BCUT2D eigenvalue weighted by Crippen LogP contribution is 2.35. The van der Waals surface area contributed by atoms with Gasteiger partial charge in [0.2, 0.25) is 0 Å². The molecule has 0 aromatic carbocycles. The number of hydrogen-bond acceptors (Lipinski definition) is 5. The first kappa shape index (κ1) is 15.8. The normalized spacial score (nSPS) is 21.1. The Labute approximate surface area is 130 Å². The zero-order chi connectivity index (χ0) is 15.4. The highest BCUT2D eigenvalue weighted by molar-refractivity contribution is 8.03. The second-order valence-corrected chi connectivity index (χ2v) is 6.13. The van der Waals surface area contributed by atoms with Gasteiger partial charge in [0.05, 0.1) is 18.4 Å². The fourth-order valence-electron chi connectivity index (χ4n) is 2.43. The second kappa shape index (κ2) is 6.89. The van der Waals surface area contributed by atoms with Crippen LogP contribution in [0.1, 0.15) is 20.3 Å². The highest BCUT2D eigenvalue weighted by Gasteiger charge is 2.31. The summed E-state index contributed by atoms with van der Waals surface area (Å²) in [6.45, 7) is 4.31. The van der Waals surface area contributed by atoms with Crippen LogP contribution in [0.5, 0.6) is 0 Å². The topological polar surface area (TPSA) is 32.8 Å². The number of methoxy groups -OCH3 is 1. The average molecular weight is 306 g/mol. The van der Waals surface area contributed by atoms with Crippen LogP contribution in [0.4, 0.5) is 0 Å². The van der Waals surface area contributed by atoms with E-state index in [-0.39, 0.29) is 12.1 Å². The minimum Gasteiger partial charge on any atom is -0.465 e. The van der Waals surface area contributed by atoms with Crippen LogP contribution in [0.3, 0.4) is 0 Å². The van der Waals surface area contributed by atoms with Crippen LogP contribution in [0.15, 0.2) is 46.8 Å². The smallest absolute Gasteiger partial charge is 0.337 e. The lowest BCUT2D eigenvalue weighted by molar-refractivity contribution is -0.135. The number of rotatable bonds is 5. The predicted octanol–water partition coefficient (Wildman–Crippen LogP) is 3.08. The Kier molecular flexibility index (Phi) is 5.17. The van der Waals surface area contributed by atoms with E-state index in [4.69, 9.17) is 4.74 Å². The zero-order valence-corrected chi connectivity index (χ0v) is 13.8. The maximum absolute atomic E-state index is 11.7. The van der Waals surface area contributed by atoms with Crippen molar-refractivity contribution in [3.05, 3.63) is 46.8 Å². The maximum atomic E-state index is 11.7. The molecule has 0 saturated carbocycles. The van der Waals surface area contributed by atoms with Crippen molar-refractivity contribution in [2.75, 3.05) is 19.9 Å². The SMILES string of the molecule is CC/C=C(\SCC)C1=CN2C=CC(C(=O)OC)=CC2N1C. The van der Waals surface area contributed by atoms with Gasteiger partial charge in [-0.3, -0.25) is 0 Å². The molecule has 5 heteroatoms. The summed E-state index contributed by atoms with van der Waals surface area (Å²) in [5, 5.41) is 0. The molecule has 2 heterocycles. The van der Waals surface area contributed by atoms with Gasteiger partial charge in [-0.2, -0.15) is 0 Å². The Balaban J connectivity index is 2.25. The van der Waals surface area contributed by atoms with E-state index in [0.29, 0.717) is 5.57 Å². The lowest BCUT2D eigenvalue weighted by Crippen LogP contribution is -2.35. The molecular weight excluding hydrogens is 284 g/mol. The number of fused-ring (bicyclic) bond motifs is 1. The monoisotopic (exact) mass is 306 g/mol. The molecule has 0 aromatic rings. The summed E-state index contributed by atoms with van der Waals surface area (Å²) in [5.41, 5.74) is 1.80. The van der Waals surface area contributed by atoms with Gasteiger partial charge in [-0.05, 0) is 24.3 Å². The standard InChI is InChI=1S/C16H22N2O2S/c1-5-7-14(21-6-2)13-11-18-9-8-12(16(19)20-4)10-15(18)17(13)3/h7-11,15H,5-6H2,1-4H3/b14-7-. The van der Waals surface area contributed by atoms with Crippen molar-refractivity contribution in [2.24, 2.45) is 0 Å². The third-order valence-electron chi connectivity index (χ3n) is 3.47. The quantitative estimate of drug-likeness (QED) is 0.729. The van der Waals surface area contributed by atoms with Crippen molar-refractivity contribution in [2.45, 2.75) is 26.4 Å². The number of esters is 1. The summed E-state index contributed by atoms with van der Waals surface area (Å²) in [5.74, 6) is 0.751. The summed E-state index contributed by atoms with van der Waals surface area (Å²) in [6, 6.07) is 0. The Morgan fingerprint density at radius 1 is 1.48 bits per heavy atom. The molecule has 1 unspecified atom stereocenters. The van der Waals surface area contributed by atoms with Gasteiger partial charge in [0, 0.05) is 24.4 Å². The van der Waals surface area contributed by atoms with E-state index in [9.17, 15) is 4.79 Å². The van der Waals surface area contributed by atoms with Crippen LogP contribution >= 0.6 is 11.8 Å². The van der Waals surface area contributed by atoms with Gasteiger partial charge in [-0.25, -0.2) is 4.79 Å². The molecule has 0 amide bonds. The minimum absolute atomic E-state index is 0.0387. The van der Waals surface area contributed by atoms with Crippen LogP contribution in [-0.4, -0.2) is 41.8 Å². The van der Waals surface area contributed by atoms with Crippen LogP contribution in [0.2, 0.25) is 0 Å². The van der Waals surface area contributed by atoms with E-state index in [2.05, 4.69) is 43.0 Å². The van der Waals surface area contributed by atoms with E-state index < -0.39 is 0 Å². The molecular formula is C16H22N2O2S. The molecule has 0 fully saturated rings. The predicted molar refractivity (Wildman–Crippen MR) is 87.2 cm³/mol. The highest BCUT2D eigenvalue weighted by atomic mass is 32.2. The van der Waals surface area contributed by atoms with Gasteiger partial charge < -0.3 is 14.5 Å². The number of allylic oxidation sites excluding steroid dienone is 1. The Bertz CT molecular complexity index is 534. The van der Waals surface area contributed by atoms with Gasteiger partial charge in [-0.1, -0.05) is 19.9 Å². The van der Waals surface area contributed by atoms with E-state index >= 15 is 0 Å². The van der Waals surface area contributed by atoms with E-state index in [1.54, 1.807) is 6.08 Å².